The number of alkyl halides is 3. The van der Waals surface area contributed by atoms with Crippen LogP contribution >= 0.6 is 0 Å². The Morgan fingerprint density at radius 3 is 2.68 bits per heavy atom. The molecule has 1 aromatic heterocycles. The van der Waals surface area contributed by atoms with Crippen LogP contribution in [0, 0.1) is 0 Å². The number of primary amides is 1. The van der Waals surface area contributed by atoms with Gasteiger partial charge in [0.1, 0.15) is 5.75 Å². The molecule has 19 heavy (non-hydrogen) atoms. The van der Waals surface area contributed by atoms with Crippen molar-refractivity contribution >= 4 is 16.8 Å². The minimum atomic E-state index is -4.79. The highest BCUT2D eigenvalue weighted by molar-refractivity contribution is 6.04. The SMILES string of the molecule is CCn1nc(C(N)=O)c2cc(OC(F)(F)F)ccc21. The van der Waals surface area contributed by atoms with Crippen LogP contribution in [0.5, 0.6) is 5.75 Å². The number of fused-ring (bicyclic) bond motifs is 1. The lowest BCUT2D eigenvalue weighted by Gasteiger charge is -2.08. The molecule has 8 heteroatoms. The maximum absolute atomic E-state index is 12.1. The van der Waals surface area contributed by atoms with Crippen LogP contribution in [0.15, 0.2) is 18.2 Å². The maximum Gasteiger partial charge on any atom is 0.573 e. The van der Waals surface area contributed by atoms with Gasteiger partial charge in [0.25, 0.3) is 5.91 Å². The van der Waals surface area contributed by atoms with Crippen LogP contribution in [0.1, 0.15) is 17.4 Å². The summed E-state index contributed by atoms with van der Waals surface area (Å²) in [6, 6.07) is 3.66. The third kappa shape index (κ3) is 2.61. The lowest BCUT2D eigenvalue weighted by Crippen LogP contribution is -2.17. The van der Waals surface area contributed by atoms with Gasteiger partial charge in [-0.3, -0.25) is 9.48 Å². The van der Waals surface area contributed by atoms with Crippen molar-refractivity contribution in [3.05, 3.63) is 23.9 Å². The Bertz CT molecular complexity index is 634. The van der Waals surface area contributed by atoms with Crippen molar-refractivity contribution in [2.24, 2.45) is 5.73 Å². The molecule has 0 fully saturated rings. The summed E-state index contributed by atoms with van der Waals surface area (Å²) in [6.07, 6.45) is -4.79. The van der Waals surface area contributed by atoms with Gasteiger partial charge in [0.05, 0.1) is 5.52 Å². The molecule has 0 radical (unpaired) electrons. The number of carbonyl (C=O) groups excluding carboxylic acids is 1. The van der Waals surface area contributed by atoms with Crippen molar-refractivity contribution in [3.8, 4) is 5.75 Å². The van der Waals surface area contributed by atoms with E-state index in [9.17, 15) is 18.0 Å². The molecular formula is C11H10F3N3O2. The smallest absolute Gasteiger partial charge is 0.406 e. The number of halogens is 3. The van der Waals surface area contributed by atoms with Crippen LogP contribution in [-0.4, -0.2) is 22.1 Å². The minimum absolute atomic E-state index is 0.0792. The van der Waals surface area contributed by atoms with Gasteiger partial charge < -0.3 is 10.5 Å². The number of carbonyl (C=O) groups is 1. The highest BCUT2D eigenvalue weighted by Gasteiger charge is 2.31. The fourth-order valence-corrected chi connectivity index (χ4v) is 1.78. The monoisotopic (exact) mass is 273 g/mol. The van der Waals surface area contributed by atoms with Crippen LogP contribution in [0.25, 0.3) is 10.9 Å². The number of hydrogen-bond acceptors (Lipinski definition) is 3. The second-order valence-electron chi connectivity index (χ2n) is 3.76. The average Bonchev–Trinajstić information content (AvgIpc) is 2.64. The van der Waals surface area contributed by atoms with E-state index in [-0.39, 0.29) is 11.1 Å². The predicted octanol–water partition coefficient (Wildman–Crippen LogP) is 2.05. The lowest BCUT2D eigenvalue weighted by atomic mass is 10.2. The highest BCUT2D eigenvalue weighted by atomic mass is 19.4. The number of aromatic nitrogens is 2. The number of aryl methyl sites for hydroxylation is 1. The summed E-state index contributed by atoms with van der Waals surface area (Å²) in [5, 5.41) is 4.18. The van der Waals surface area contributed by atoms with Gasteiger partial charge in [-0.15, -0.1) is 13.2 Å². The first-order chi connectivity index (χ1) is 8.81. The van der Waals surface area contributed by atoms with Gasteiger partial charge in [0, 0.05) is 11.9 Å². The molecule has 1 amide bonds. The summed E-state index contributed by atoms with van der Waals surface area (Å²) in [5.74, 6) is -1.22. The molecule has 0 unspecified atom stereocenters. The predicted molar refractivity (Wildman–Crippen MR) is 60.6 cm³/mol. The largest absolute Gasteiger partial charge is 0.573 e. The van der Waals surface area contributed by atoms with E-state index in [1.54, 1.807) is 6.92 Å². The lowest BCUT2D eigenvalue weighted by molar-refractivity contribution is -0.274. The van der Waals surface area contributed by atoms with Gasteiger partial charge >= 0.3 is 6.36 Å². The van der Waals surface area contributed by atoms with Crippen LogP contribution in [0.3, 0.4) is 0 Å². The Morgan fingerprint density at radius 1 is 1.47 bits per heavy atom. The standard InChI is InChI=1S/C11H10F3N3O2/c1-2-17-8-4-3-6(19-11(12,13)14)5-7(8)9(16-17)10(15)18/h3-5H,2H2,1H3,(H2,15,18). The first-order valence-electron chi connectivity index (χ1n) is 5.38. The van der Waals surface area contributed by atoms with Crippen molar-refractivity contribution in [1.29, 1.82) is 0 Å². The molecule has 2 aromatic rings. The molecule has 2 rings (SSSR count). The van der Waals surface area contributed by atoms with Crippen molar-refractivity contribution in [2.75, 3.05) is 0 Å². The summed E-state index contributed by atoms with van der Waals surface area (Å²) >= 11 is 0. The third-order valence-corrected chi connectivity index (χ3v) is 2.49. The van der Waals surface area contributed by atoms with Gasteiger partial charge in [-0.1, -0.05) is 0 Å². The first-order valence-corrected chi connectivity index (χ1v) is 5.38. The number of hydrogen-bond donors (Lipinski definition) is 1. The fraction of sp³-hybridized carbons (Fsp3) is 0.273. The van der Waals surface area contributed by atoms with E-state index in [1.807, 2.05) is 0 Å². The molecule has 0 saturated heterocycles. The molecule has 5 nitrogen and oxygen atoms in total. The van der Waals surface area contributed by atoms with Crippen molar-refractivity contribution < 1.29 is 22.7 Å². The summed E-state index contributed by atoms with van der Waals surface area (Å²) < 4.78 is 41.7. The Hall–Kier alpha value is -2.25. The normalized spacial score (nSPS) is 11.8. The fourth-order valence-electron chi connectivity index (χ4n) is 1.78. The zero-order valence-electron chi connectivity index (χ0n) is 9.86. The second kappa shape index (κ2) is 4.45. The van der Waals surface area contributed by atoms with Crippen molar-refractivity contribution in [2.45, 2.75) is 19.8 Å². The molecule has 0 aliphatic rings. The Morgan fingerprint density at radius 2 is 2.16 bits per heavy atom. The number of ether oxygens (including phenoxy) is 1. The Kier molecular flexibility index (Phi) is 3.09. The zero-order chi connectivity index (χ0) is 14.2. The van der Waals surface area contributed by atoms with Crippen molar-refractivity contribution in [1.82, 2.24) is 9.78 Å². The van der Waals surface area contributed by atoms with E-state index in [2.05, 4.69) is 9.84 Å². The molecule has 1 heterocycles. The van der Waals surface area contributed by atoms with Crippen LogP contribution in [0.2, 0.25) is 0 Å². The number of amides is 1. The first kappa shape index (κ1) is 13.2. The van der Waals surface area contributed by atoms with E-state index in [0.29, 0.717) is 12.1 Å². The highest BCUT2D eigenvalue weighted by Crippen LogP contribution is 2.28. The molecule has 0 aliphatic heterocycles. The molecule has 0 bridgehead atoms. The Labute approximate surface area is 105 Å². The van der Waals surface area contributed by atoms with Gasteiger partial charge in [0.15, 0.2) is 5.69 Å². The third-order valence-electron chi connectivity index (χ3n) is 2.49. The summed E-state index contributed by atoms with van der Waals surface area (Å²) in [5.41, 5.74) is 5.59. The molecule has 0 spiro atoms. The topological polar surface area (TPSA) is 70.1 Å². The second-order valence-corrected chi connectivity index (χ2v) is 3.76. The molecule has 0 atom stereocenters. The maximum atomic E-state index is 12.1. The van der Waals surface area contributed by atoms with Gasteiger partial charge in [-0.05, 0) is 25.1 Å². The molecule has 102 valence electrons. The summed E-state index contributed by atoms with van der Waals surface area (Å²) in [4.78, 5) is 11.2. The molecule has 1 aromatic carbocycles. The summed E-state index contributed by atoms with van der Waals surface area (Å²) in [6.45, 7) is 2.25. The van der Waals surface area contributed by atoms with E-state index in [1.165, 1.54) is 10.7 Å². The van der Waals surface area contributed by atoms with E-state index >= 15 is 0 Å². The van der Waals surface area contributed by atoms with Crippen LogP contribution < -0.4 is 10.5 Å². The molecule has 0 saturated carbocycles. The van der Waals surface area contributed by atoms with E-state index in [0.717, 1.165) is 12.1 Å². The minimum Gasteiger partial charge on any atom is -0.406 e. The number of rotatable bonds is 3. The average molecular weight is 273 g/mol. The quantitative estimate of drug-likeness (QED) is 0.930. The van der Waals surface area contributed by atoms with Gasteiger partial charge in [-0.2, -0.15) is 5.10 Å². The zero-order valence-corrected chi connectivity index (χ0v) is 9.86. The van der Waals surface area contributed by atoms with Gasteiger partial charge in [-0.25, -0.2) is 0 Å². The molecule has 0 aliphatic carbocycles. The van der Waals surface area contributed by atoms with Crippen molar-refractivity contribution in [3.63, 3.8) is 0 Å². The number of nitrogens with two attached hydrogens (primary N) is 1. The van der Waals surface area contributed by atoms with E-state index < -0.39 is 18.0 Å². The number of nitrogens with zero attached hydrogens (tertiary/aromatic N) is 2. The summed E-state index contributed by atoms with van der Waals surface area (Å²) in [7, 11) is 0. The number of benzene rings is 1. The van der Waals surface area contributed by atoms with E-state index in [4.69, 9.17) is 5.73 Å². The van der Waals surface area contributed by atoms with Gasteiger partial charge in [0.2, 0.25) is 0 Å². The van der Waals surface area contributed by atoms with Crippen LogP contribution in [0.4, 0.5) is 13.2 Å². The van der Waals surface area contributed by atoms with Crippen LogP contribution in [-0.2, 0) is 6.54 Å². The molecular weight excluding hydrogens is 263 g/mol. The Balaban J connectivity index is 2.57. The molecule has 2 N–H and O–H groups in total.